The zero-order valence-electron chi connectivity index (χ0n) is 62.1. The van der Waals surface area contributed by atoms with Crippen molar-refractivity contribution in [2.45, 2.75) is 407 Å². The fraction of sp³-hybridized carbons (Fsp3) is 0.947. The first-order valence-corrected chi connectivity index (χ1v) is 42.4. The minimum absolute atomic E-state index is 0.105. The van der Waals surface area contributed by atoms with Crippen molar-refractivity contribution in [2.75, 3.05) is 39.6 Å². The molecule has 3 N–H and O–H groups in total. The number of ether oxygens (including phenoxy) is 4. The number of unbranched alkanes of at least 4 members (excludes halogenated alkanes) is 40. The average Bonchev–Trinajstić information content (AvgIpc) is 2.08. The molecule has 0 fully saturated rings. The van der Waals surface area contributed by atoms with Crippen LogP contribution in [0.3, 0.4) is 0 Å². The maximum Gasteiger partial charge on any atom is 0.472 e. The van der Waals surface area contributed by atoms with E-state index in [1.54, 1.807) is 0 Å². The van der Waals surface area contributed by atoms with Crippen LogP contribution in [-0.4, -0.2) is 96.7 Å². The normalized spacial score (nSPS) is 14.6. The lowest BCUT2D eigenvalue weighted by atomic mass is 9.99. The molecule has 0 spiro atoms. The van der Waals surface area contributed by atoms with Crippen LogP contribution in [0.5, 0.6) is 0 Å². The first kappa shape index (κ1) is 93.1. The molecule has 0 bridgehead atoms. The number of esters is 4. The average molecular weight is 1400 g/mol. The van der Waals surface area contributed by atoms with E-state index >= 15 is 0 Å². The topological polar surface area (TPSA) is 237 Å². The lowest BCUT2D eigenvalue weighted by molar-refractivity contribution is -0.161. The Hall–Kier alpha value is -1.94. The Labute approximate surface area is 581 Å². The van der Waals surface area contributed by atoms with Crippen molar-refractivity contribution in [1.29, 1.82) is 0 Å². The zero-order valence-corrected chi connectivity index (χ0v) is 63.9. The van der Waals surface area contributed by atoms with E-state index in [-0.39, 0.29) is 25.7 Å². The van der Waals surface area contributed by atoms with Gasteiger partial charge in [-0.05, 0) is 43.4 Å². The van der Waals surface area contributed by atoms with Gasteiger partial charge in [0.2, 0.25) is 0 Å². The van der Waals surface area contributed by atoms with Crippen LogP contribution in [0.15, 0.2) is 0 Å². The minimum atomic E-state index is -4.96. The van der Waals surface area contributed by atoms with E-state index in [9.17, 15) is 43.2 Å². The third-order valence-electron chi connectivity index (χ3n) is 18.4. The smallest absolute Gasteiger partial charge is 0.462 e. The molecule has 17 nitrogen and oxygen atoms in total. The molecule has 0 saturated carbocycles. The molecule has 0 aromatic rings. The van der Waals surface area contributed by atoms with Crippen molar-refractivity contribution in [3.05, 3.63) is 0 Å². The minimum Gasteiger partial charge on any atom is -0.462 e. The summed E-state index contributed by atoms with van der Waals surface area (Å²) in [4.78, 5) is 72.9. The first-order valence-electron chi connectivity index (χ1n) is 39.4. The first-order chi connectivity index (χ1) is 45.8. The maximum atomic E-state index is 13.1. The van der Waals surface area contributed by atoms with Gasteiger partial charge in [-0.25, -0.2) is 9.13 Å². The quantitative estimate of drug-likeness (QED) is 0.0222. The predicted molar refractivity (Wildman–Crippen MR) is 386 cm³/mol. The number of aliphatic hydroxyl groups is 1. The second kappa shape index (κ2) is 66.6. The van der Waals surface area contributed by atoms with Crippen LogP contribution >= 0.6 is 15.6 Å². The number of aliphatic hydroxyl groups excluding tert-OH is 1. The Morgan fingerprint density at radius 2 is 0.537 bits per heavy atom. The van der Waals surface area contributed by atoms with Gasteiger partial charge in [0.05, 0.1) is 26.4 Å². The zero-order chi connectivity index (χ0) is 70.1. The van der Waals surface area contributed by atoms with Gasteiger partial charge in [-0.2, -0.15) is 0 Å². The number of carbonyl (C=O) groups is 4. The molecular formula is C76H148O17P2. The van der Waals surface area contributed by atoms with Crippen molar-refractivity contribution in [2.24, 2.45) is 17.8 Å². The molecule has 0 radical (unpaired) electrons. The van der Waals surface area contributed by atoms with Crippen LogP contribution in [0.25, 0.3) is 0 Å². The van der Waals surface area contributed by atoms with Crippen LogP contribution in [0.1, 0.15) is 389 Å². The Morgan fingerprint density at radius 1 is 0.305 bits per heavy atom. The van der Waals surface area contributed by atoms with Gasteiger partial charge in [0, 0.05) is 25.7 Å². The molecule has 564 valence electrons. The van der Waals surface area contributed by atoms with Gasteiger partial charge >= 0.3 is 39.5 Å². The summed E-state index contributed by atoms with van der Waals surface area (Å²) in [5.41, 5.74) is 0. The van der Waals surface area contributed by atoms with Gasteiger partial charge in [0.1, 0.15) is 19.3 Å². The second-order valence-electron chi connectivity index (χ2n) is 28.4. The molecule has 0 saturated heterocycles. The number of carbonyl (C=O) groups excluding carboxylic acids is 4. The number of rotatable bonds is 74. The van der Waals surface area contributed by atoms with E-state index in [0.717, 1.165) is 108 Å². The van der Waals surface area contributed by atoms with Crippen LogP contribution in [0.4, 0.5) is 0 Å². The summed E-state index contributed by atoms with van der Waals surface area (Å²) in [6.07, 6.45) is 52.5. The Kier molecular flexibility index (Phi) is 65.2. The summed E-state index contributed by atoms with van der Waals surface area (Å²) in [6, 6.07) is 0. The van der Waals surface area contributed by atoms with E-state index in [1.165, 1.54) is 199 Å². The summed E-state index contributed by atoms with van der Waals surface area (Å²) in [7, 11) is -9.91. The molecule has 95 heavy (non-hydrogen) atoms. The molecule has 0 aliphatic rings. The fourth-order valence-electron chi connectivity index (χ4n) is 11.5. The molecule has 0 aromatic heterocycles. The van der Waals surface area contributed by atoms with E-state index in [1.807, 2.05) is 0 Å². The second-order valence-corrected chi connectivity index (χ2v) is 31.3. The van der Waals surface area contributed by atoms with E-state index < -0.39 is 97.5 Å². The number of hydrogen-bond donors (Lipinski definition) is 3. The van der Waals surface area contributed by atoms with E-state index in [2.05, 4.69) is 48.5 Å². The van der Waals surface area contributed by atoms with Crippen molar-refractivity contribution in [3.8, 4) is 0 Å². The Morgan fingerprint density at radius 3 is 0.800 bits per heavy atom. The van der Waals surface area contributed by atoms with Crippen LogP contribution in [-0.2, 0) is 65.4 Å². The number of phosphoric ester groups is 2. The van der Waals surface area contributed by atoms with Crippen molar-refractivity contribution in [1.82, 2.24) is 0 Å². The molecule has 0 aliphatic carbocycles. The monoisotopic (exact) mass is 1400 g/mol. The van der Waals surface area contributed by atoms with Gasteiger partial charge < -0.3 is 33.8 Å². The highest BCUT2D eigenvalue weighted by atomic mass is 31.2. The summed E-state index contributed by atoms with van der Waals surface area (Å²) in [6.45, 7) is 11.9. The van der Waals surface area contributed by atoms with E-state index in [0.29, 0.717) is 25.7 Å². The molecule has 0 rings (SSSR count). The predicted octanol–water partition coefficient (Wildman–Crippen LogP) is 22.2. The third kappa shape index (κ3) is 67.6. The van der Waals surface area contributed by atoms with Gasteiger partial charge in [-0.1, -0.05) is 337 Å². The molecule has 0 aromatic carbocycles. The highest BCUT2D eigenvalue weighted by Crippen LogP contribution is 2.45. The molecular weight excluding hydrogens is 1250 g/mol. The van der Waals surface area contributed by atoms with Gasteiger partial charge in [0.25, 0.3) is 0 Å². The summed E-state index contributed by atoms with van der Waals surface area (Å²) < 4.78 is 68.6. The SMILES string of the molecule is CCCCCCCCCCCCCCCCCCC(=O)O[C@H](COC(=O)CCCCCCCCCCCCC(C)CC)COP(=O)(O)OC[C@@H](O)COP(=O)(O)OC[C@@H](COC(=O)CCCCCCCCCCC(C)CC)OC(=O)CCCCCCCCCCCCC(C)C. The van der Waals surface area contributed by atoms with Crippen LogP contribution in [0.2, 0.25) is 0 Å². The maximum absolute atomic E-state index is 13.1. The van der Waals surface area contributed by atoms with Crippen molar-refractivity contribution < 1.29 is 80.2 Å². The standard InChI is InChI=1S/C76H148O17P2/c1-8-11-12-13-14-15-16-17-18-19-20-21-29-38-45-52-59-75(80)92-71(63-86-73(78)57-50-43-36-28-25-23-27-34-41-48-55-68(6)9-2)65-90-94(82,83)88-61-70(77)62-89-95(84,85)91-66-72(64-87-74(79)58-51-44-37-32-31-35-42-49-56-69(7)10-3)93-76(81)60-53-46-39-30-24-22-26-33-40-47-54-67(4)5/h67-72,77H,8-66H2,1-7H3,(H,82,83)(H,84,85)/t68?,69?,70-,71-,72-/m1/s1. The molecule has 4 unspecified atom stereocenters. The lowest BCUT2D eigenvalue weighted by Gasteiger charge is -2.21. The van der Waals surface area contributed by atoms with Crippen molar-refractivity contribution in [3.63, 3.8) is 0 Å². The highest BCUT2D eigenvalue weighted by Gasteiger charge is 2.30. The van der Waals surface area contributed by atoms with Gasteiger partial charge in [-0.15, -0.1) is 0 Å². The molecule has 0 amide bonds. The Bertz CT molecular complexity index is 1860. The van der Waals surface area contributed by atoms with Gasteiger partial charge in [0.15, 0.2) is 12.2 Å². The lowest BCUT2D eigenvalue weighted by Crippen LogP contribution is -2.30. The van der Waals surface area contributed by atoms with Crippen molar-refractivity contribution >= 4 is 39.5 Å². The van der Waals surface area contributed by atoms with Crippen LogP contribution < -0.4 is 0 Å². The summed E-state index contributed by atoms with van der Waals surface area (Å²) in [5.74, 6) is 0.222. The fourth-order valence-corrected chi connectivity index (χ4v) is 13.1. The summed E-state index contributed by atoms with van der Waals surface area (Å²) in [5, 5.41) is 10.6. The molecule has 7 atom stereocenters. The number of hydrogen-bond acceptors (Lipinski definition) is 15. The number of phosphoric acid groups is 2. The van der Waals surface area contributed by atoms with E-state index in [4.69, 9.17) is 37.0 Å². The molecule has 0 heterocycles. The molecule has 0 aliphatic heterocycles. The summed E-state index contributed by atoms with van der Waals surface area (Å²) >= 11 is 0. The van der Waals surface area contributed by atoms with Gasteiger partial charge in [-0.3, -0.25) is 37.3 Å². The van der Waals surface area contributed by atoms with Crippen LogP contribution in [0, 0.1) is 17.8 Å². The third-order valence-corrected chi connectivity index (χ3v) is 20.3. The Balaban J connectivity index is 5.28. The largest absolute Gasteiger partial charge is 0.472 e. The molecule has 19 heteroatoms. The highest BCUT2D eigenvalue weighted by molar-refractivity contribution is 7.47.